The summed E-state index contributed by atoms with van der Waals surface area (Å²) in [5.41, 5.74) is 0. The van der Waals surface area contributed by atoms with Gasteiger partial charge in [0.1, 0.15) is 6.54 Å². The van der Waals surface area contributed by atoms with E-state index in [2.05, 4.69) is 10.6 Å². The van der Waals surface area contributed by atoms with Crippen molar-refractivity contribution < 1.29 is 19.5 Å². The molecule has 20 heavy (non-hydrogen) atoms. The molecule has 1 aliphatic rings. The highest BCUT2D eigenvalue weighted by atomic mass is 16.4. The number of amides is 3. The molecule has 0 heterocycles. The van der Waals surface area contributed by atoms with Gasteiger partial charge in [0, 0.05) is 19.6 Å². The molecule has 1 aliphatic carbocycles. The maximum Gasteiger partial charge on any atom is 0.317 e. The Kier molecular flexibility index (Phi) is 6.27. The summed E-state index contributed by atoms with van der Waals surface area (Å²) in [6.07, 6.45) is 3.15. The van der Waals surface area contributed by atoms with E-state index < -0.39 is 11.9 Å². The van der Waals surface area contributed by atoms with E-state index in [0.29, 0.717) is 19.4 Å². The number of rotatable bonds is 8. The largest absolute Gasteiger partial charge is 0.481 e. The van der Waals surface area contributed by atoms with Crippen molar-refractivity contribution in [1.82, 2.24) is 15.5 Å². The lowest BCUT2D eigenvalue weighted by molar-refractivity contribution is -0.141. The molecule has 0 bridgehead atoms. The van der Waals surface area contributed by atoms with Gasteiger partial charge in [0.05, 0.1) is 5.92 Å². The van der Waals surface area contributed by atoms with Gasteiger partial charge in [-0.15, -0.1) is 0 Å². The monoisotopic (exact) mass is 285 g/mol. The van der Waals surface area contributed by atoms with Gasteiger partial charge >= 0.3 is 12.0 Å². The Morgan fingerprint density at radius 2 is 2.00 bits per heavy atom. The van der Waals surface area contributed by atoms with Gasteiger partial charge in [-0.1, -0.05) is 6.92 Å². The minimum atomic E-state index is -0.829. The van der Waals surface area contributed by atoms with E-state index in [1.807, 2.05) is 0 Å². The van der Waals surface area contributed by atoms with Gasteiger partial charge in [-0.25, -0.2) is 4.79 Å². The molecule has 7 nitrogen and oxygen atoms in total. The summed E-state index contributed by atoms with van der Waals surface area (Å²) in [5.74, 6) is -1.39. The topological polar surface area (TPSA) is 98.7 Å². The van der Waals surface area contributed by atoms with Crippen LogP contribution < -0.4 is 10.6 Å². The number of carbonyl (C=O) groups is 3. The number of nitrogens with one attached hydrogen (secondary N) is 2. The highest BCUT2D eigenvalue weighted by Gasteiger charge is 2.24. The van der Waals surface area contributed by atoms with Crippen LogP contribution in [0.3, 0.4) is 0 Å². The Bertz CT molecular complexity index is 369. The molecule has 7 heteroatoms. The van der Waals surface area contributed by atoms with Crippen molar-refractivity contribution in [2.75, 3.05) is 20.1 Å². The molecule has 0 aromatic heterocycles. The van der Waals surface area contributed by atoms with Crippen LogP contribution >= 0.6 is 0 Å². The number of carbonyl (C=O) groups excluding carboxylic acids is 2. The Morgan fingerprint density at radius 1 is 1.35 bits per heavy atom. The Labute approximate surface area is 118 Å². The number of urea groups is 1. The van der Waals surface area contributed by atoms with Crippen LogP contribution in [0.2, 0.25) is 0 Å². The zero-order valence-corrected chi connectivity index (χ0v) is 12.0. The Hall–Kier alpha value is -1.79. The predicted molar refractivity (Wildman–Crippen MR) is 73.2 cm³/mol. The zero-order chi connectivity index (χ0) is 15.1. The quantitative estimate of drug-likeness (QED) is 0.562. The molecule has 3 amide bonds. The van der Waals surface area contributed by atoms with Crippen LogP contribution in [-0.2, 0) is 9.59 Å². The van der Waals surface area contributed by atoms with Crippen molar-refractivity contribution in [2.24, 2.45) is 5.92 Å². The summed E-state index contributed by atoms with van der Waals surface area (Å²) in [6.45, 7) is 2.08. The van der Waals surface area contributed by atoms with Crippen molar-refractivity contribution in [2.45, 2.75) is 38.6 Å². The minimum absolute atomic E-state index is 0.0356. The number of nitrogens with zero attached hydrogens (tertiary/aromatic N) is 1. The van der Waals surface area contributed by atoms with Gasteiger partial charge in [-0.2, -0.15) is 0 Å². The molecule has 0 aromatic rings. The highest BCUT2D eigenvalue weighted by molar-refractivity contribution is 5.84. The van der Waals surface area contributed by atoms with Crippen molar-refractivity contribution in [1.29, 1.82) is 0 Å². The van der Waals surface area contributed by atoms with Crippen LogP contribution in [0.15, 0.2) is 0 Å². The van der Waals surface area contributed by atoms with Crippen LogP contribution in [0.5, 0.6) is 0 Å². The van der Waals surface area contributed by atoms with Crippen LogP contribution in [0.4, 0.5) is 4.79 Å². The van der Waals surface area contributed by atoms with Crippen molar-refractivity contribution in [3.63, 3.8) is 0 Å². The molecule has 0 aliphatic heterocycles. The van der Waals surface area contributed by atoms with E-state index in [1.165, 1.54) is 4.90 Å². The van der Waals surface area contributed by atoms with Gasteiger partial charge in [0.15, 0.2) is 0 Å². The first kappa shape index (κ1) is 16.3. The first-order chi connectivity index (χ1) is 9.40. The number of hydrogen-bond acceptors (Lipinski definition) is 3. The summed E-state index contributed by atoms with van der Waals surface area (Å²) >= 11 is 0. The van der Waals surface area contributed by atoms with E-state index >= 15 is 0 Å². The van der Waals surface area contributed by atoms with E-state index in [1.54, 1.807) is 14.0 Å². The Morgan fingerprint density at radius 3 is 2.55 bits per heavy atom. The third kappa shape index (κ3) is 6.40. The molecule has 1 atom stereocenters. The summed E-state index contributed by atoms with van der Waals surface area (Å²) in [6, 6.07) is -0.0320. The minimum Gasteiger partial charge on any atom is -0.481 e. The number of hydrogen-bond donors (Lipinski definition) is 3. The number of aliphatic carboxylic acids is 1. The average molecular weight is 285 g/mol. The van der Waals surface area contributed by atoms with Crippen molar-refractivity contribution >= 4 is 17.9 Å². The maximum absolute atomic E-state index is 11.7. The standard InChI is InChI=1S/C13H23N3O4/c1-9(12(18)19)4-3-7-14-13(20)16(2)8-11(17)15-10-5-6-10/h9-10H,3-8H2,1-2H3,(H,14,20)(H,15,17)(H,18,19). The van der Waals surface area contributed by atoms with Crippen LogP contribution in [0.1, 0.15) is 32.6 Å². The average Bonchev–Trinajstić information content (AvgIpc) is 3.17. The SMILES string of the molecule is CC(CCCNC(=O)N(C)CC(=O)NC1CC1)C(=O)O. The molecule has 0 spiro atoms. The second kappa shape index (κ2) is 7.72. The molecular weight excluding hydrogens is 262 g/mol. The van der Waals surface area contributed by atoms with Gasteiger partial charge in [-0.3, -0.25) is 9.59 Å². The molecule has 0 saturated heterocycles. The number of carboxylic acids is 1. The van der Waals surface area contributed by atoms with Gasteiger partial charge < -0.3 is 20.6 Å². The van der Waals surface area contributed by atoms with Gasteiger partial charge in [0.25, 0.3) is 0 Å². The van der Waals surface area contributed by atoms with E-state index in [9.17, 15) is 14.4 Å². The van der Waals surface area contributed by atoms with Crippen LogP contribution in [0.25, 0.3) is 0 Å². The molecule has 1 unspecified atom stereocenters. The van der Waals surface area contributed by atoms with Crippen LogP contribution in [0, 0.1) is 5.92 Å². The smallest absolute Gasteiger partial charge is 0.317 e. The first-order valence-corrected chi connectivity index (χ1v) is 6.91. The van der Waals surface area contributed by atoms with Crippen molar-refractivity contribution in [3.8, 4) is 0 Å². The fourth-order valence-electron chi connectivity index (χ4n) is 1.65. The van der Waals surface area contributed by atoms with Crippen LogP contribution in [-0.4, -0.2) is 54.1 Å². The lowest BCUT2D eigenvalue weighted by atomic mass is 10.1. The van der Waals surface area contributed by atoms with E-state index in [0.717, 1.165) is 12.8 Å². The molecule has 0 aromatic carbocycles. The second-order valence-corrected chi connectivity index (χ2v) is 5.31. The molecule has 1 saturated carbocycles. The van der Waals surface area contributed by atoms with Crippen molar-refractivity contribution in [3.05, 3.63) is 0 Å². The molecule has 1 rings (SSSR count). The normalized spacial score (nSPS) is 15.3. The Balaban J connectivity index is 2.11. The lowest BCUT2D eigenvalue weighted by Gasteiger charge is -2.17. The molecule has 3 N–H and O–H groups in total. The fourth-order valence-corrected chi connectivity index (χ4v) is 1.65. The first-order valence-electron chi connectivity index (χ1n) is 6.91. The third-order valence-corrected chi connectivity index (χ3v) is 3.18. The fraction of sp³-hybridized carbons (Fsp3) is 0.769. The molecular formula is C13H23N3O4. The zero-order valence-electron chi connectivity index (χ0n) is 12.0. The summed E-state index contributed by atoms with van der Waals surface area (Å²) in [7, 11) is 1.56. The summed E-state index contributed by atoms with van der Waals surface area (Å²) in [4.78, 5) is 35.1. The summed E-state index contributed by atoms with van der Waals surface area (Å²) in [5, 5.41) is 14.2. The predicted octanol–water partition coefficient (Wildman–Crippen LogP) is 0.407. The third-order valence-electron chi connectivity index (χ3n) is 3.18. The number of carboxylic acid groups (broad SMARTS) is 1. The van der Waals surface area contributed by atoms with E-state index in [-0.39, 0.29) is 24.5 Å². The van der Waals surface area contributed by atoms with Gasteiger partial charge in [-0.05, 0) is 25.7 Å². The van der Waals surface area contributed by atoms with Gasteiger partial charge in [0.2, 0.25) is 5.91 Å². The highest BCUT2D eigenvalue weighted by Crippen LogP contribution is 2.18. The lowest BCUT2D eigenvalue weighted by Crippen LogP contribution is -2.44. The summed E-state index contributed by atoms with van der Waals surface area (Å²) < 4.78 is 0. The molecule has 1 fully saturated rings. The maximum atomic E-state index is 11.7. The second-order valence-electron chi connectivity index (χ2n) is 5.31. The number of likely N-dealkylation sites (N-methyl/N-ethyl adjacent to an activating group) is 1. The molecule has 114 valence electrons. The van der Waals surface area contributed by atoms with E-state index in [4.69, 9.17) is 5.11 Å². The molecule has 0 radical (unpaired) electrons.